The molecule has 0 fully saturated rings. The normalized spacial score (nSPS) is 11.5. The maximum atomic E-state index is 12.0. The van der Waals surface area contributed by atoms with E-state index in [1.54, 1.807) is 0 Å². The third-order valence-corrected chi connectivity index (χ3v) is 5.85. The molecule has 0 unspecified atom stereocenters. The minimum absolute atomic E-state index is 0.0342. The molecule has 184 valence electrons. The van der Waals surface area contributed by atoms with Crippen LogP contribution in [0.1, 0.15) is 137 Å². The number of unbranched alkanes of at least 4 members (excludes halogenated alkanes) is 12. The zero-order chi connectivity index (χ0) is 23.3. The average molecular weight is 441 g/mol. The molecule has 4 nitrogen and oxygen atoms in total. The van der Waals surface area contributed by atoms with E-state index in [0.29, 0.717) is 44.1 Å². The van der Waals surface area contributed by atoms with Crippen molar-refractivity contribution in [1.82, 2.24) is 0 Å². The summed E-state index contributed by atoms with van der Waals surface area (Å²) in [5.74, 6) is 0.342. The van der Waals surface area contributed by atoms with E-state index >= 15 is 0 Å². The lowest BCUT2D eigenvalue weighted by atomic mass is 9.96. The van der Waals surface area contributed by atoms with Gasteiger partial charge in [-0.3, -0.25) is 9.59 Å². The highest BCUT2D eigenvalue weighted by atomic mass is 16.5. The van der Waals surface area contributed by atoms with Gasteiger partial charge >= 0.3 is 11.9 Å². The summed E-state index contributed by atoms with van der Waals surface area (Å²) in [4.78, 5) is 23.8. The molecule has 0 aliphatic rings. The van der Waals surface area contributed by atoms with Gasteiger partial charge < -0.3 is 9.47 Å². The van der Waals surface area contributed by atoms with Gasteiger partial charge in [-0.25, -0.2) is 0 Å². The molecular weight excluding hydrogens is 388 g/mol. The topological polar surface area (TPSA) is 52.6 Å². The first-order valence-electron chi connectivity index (χ1n) is 13.2. The van der Waals surface area contributed by atoms with Crippen molar-refractivity contribution in [2.45, 2.75) is 143 Å². The van der Waals surface area contributed by atoms with Crippen LogP contribution in [0.15, 0.2) is 0 Å². The fourth-order valence-electron chi connectivity index (χ4n) is 3.99. The summed E-state index contributed by atoms with van der Waals surface area (Å²) in [6.07, 6.45) is 17.7. The van der Waals surface area contributed by atoms with Gasteiger partial charge in [-0.2, -0.15) is 0 Å². The highest BCUT2D eigenvalue weighted by molar-refractivity contribution is 5.70. The van der Waals surface area contributed by atoms with Crippen LogP contribution in [-0.4, -0.2) is 24.6 Å². The van der Waals surface area contributed by atoms with Crippen molar-refractivity contribution in [3.8, 4) is 0 Å². The SMILES string of the molecule is CCCCCCCCCCCCCCOC(=O)CCCCC(=O)OC(C(C)C)C(C)C. The molecule has 0 aromatic carbocycles. The molecule has 0 spiro atoms. The Morgan fingerprint density at radius 3 is 1.45 bits per heavy atom. The summed E-state index contributed by atoms with van der Waals surface area (Å²) in [7, 11) is 0. The predicted octanol–water partition coefficient (Wildman–Crippen LogP) is 8.01. The largest absolute Gasteiger partial charge is 0.466 e. The number of ether oxygens (including phenoxy) is 2. The first-order valence-corrected chi connectivity index (χ1v) is 13.2. The summed E-state index contributed by atoms with van der Waals surface area (Å²) in [6, 6.07) is 0. The molecule has 0 amide bonds. The Morgan fingerprint density at radius 2 is 1.00 bits per heavy atom. The molecule has 0 radical (unpaired) electrons. The Bertz CT molecular complexity index is 423. The van der Waals surface area contributed by atoms with Crippen LogP contribution >= 0.6 is 0 Å². The number of hydrogen-bond acceptors (Lipinski definition) is 4. The quantitative estimate of drug-likeness (QED) is 0.134. The highest BCUT2D eigenvalue weighted by Crippen LogP contribution is 2.17. The van der Waals surface area contributed by atoms with E-state index in [1.165, 1.54) is 64.2 Å². The Hall–Kier alpha value is -1.06. The third kappa shape index (κ3) is 19.4. The van der Waals surface area contributed by atoms with Crippen LogP contribution in [-0.2, 0) is 19.1 Å². The zero-order valence-electron chi connectivity index (χ0n) is 21.4. The molecule has 0 bridgehead atoms. The molecular formula is C27H52O4. The van der Waals surface area contributed by atoms with Gasteiger partial charge in [0.1, 0.15) is 6.10 Å². The van der Waals surface area contributed by atoms with Gasteiger partial charge in [0.05, 0.1) is 6.61 Å². The van der Waals surface area contributed by atoms with Crippen LogP contribution in [0.3, 0.4) is 0 Å². The molecule has 4 heteroatoms. The molecule has 0 aliphatic heterocycles. The van der Waals surface area contributed by atoms with E-state index in [9.17, 15) is 9.59 Å². The van der Waals surface area contributed by atoms with Gasteiger partial charge in [0.25, 0.3) is 0 Å². The highest BCUT2D eigenvalue weighted by Gasteiger charge is 2.21. The van der Waals surface area contributed by atoms with Crippen molar-refractivity contribution in [1.29, 1.82) is 0 Å². The molecule has 0 aliphatic carbocycles. The van der Waals surface area contributed by atoms with E-state index < -0.39 is 0 Å². The fraction of sp³-hybridized carbons (Fsp3) is 0.926. The van der Waals surface area contributed by atoms with E-state index in [4.69, 9.17) is 9.47 Å². The van der Waals surface area contributed by atoms with Gasteiger partial charge in [-0.1, -0.05) is 105 Å². The van der Waals surface area contributed by atoms with Gasteiger partial charge in [0, 0.05) is 12.8 Å². The first-order chi connectivity index (χ1) is 14.9. The molecule has 0 N–H and O–H groups in total. The predicted molar refractivity (Wildman–Crippen MR) is 130 cm³/mol. The molecule has 0 rings (SSSR count). The summed E-state index contributed by atoms with van der Waals surface area (Å²) < 4.78 is 10.9. The fourth-order valence-corrected chi connectivity index (χ4v) is 3.99. The van der Waals surface area contributed by atoms with E-state index in [-0.39, 0.29) is 18.0 Å². The summed E-state index contributed by atoms with van der Waals surface area (Å²) in [5.41, 5.74) is 0. The van der Waals surface area contributed by atoms with Gasteiger partial charge in [0.2, 0.25) is 0 Å². The minimum atomic E-state index is -0.155. The number of hydrogen-bond donors (Lipinski definition) is 0. The van der Waals surface area contributed by atoms with Crippen molar-refractivity contribution in [2.75, 3.05) is 6.61 Å². The lowest BCUT2D eigenvalue weighted by Crippen LogP contribution is -2.28. The first kappa shape index (κ1) is 29.9. The molecule has 0 atom stereocenters. The monoisotopic (exact) mass is 440 g/mol. The van der Waals surface area contributed by atoms with Gasteiger partial charge in [-0.15, -0.1) is 0 Å². The average Bonchev–Trinajstić information content (AvgIpc) is 2.72. The number of esters is 2. The van der Waals surface area contributed by atoms with Crippen molar-refractivity contribution in [3.63, 3.8) is 0 Å². The Labute approximate surface area is 193 Å². The minimum Gasteiger partial charge on any atom is -0.466 e. The van der Waals surface area contributed by atoms with Crippen LogP contribution < -0.4 is 0 Å². The summed E-state index contributed by atoms with van der Waals surface area (Å²) >= 11 is 0. The standard InChI is InChI=1S/C27H52O4/c1-6-7-8-9-10-11-12-13-14-15-16-19-22-30-25(28)20-17-18-21-26(29)31-27(23(2)3)24(4)5/h23-24,27H,6-22H2,1-5H3. The molecule has 31 heavy (non-hydrogen) atoms. The van der Waals surface area contributed by atoms with Crippen LogP contribution in [0.25, 0.3) is 0 Å². The molecule has 0 saturated heterocycles. The molecule has 0 aromatic heterocycles. The van der Waals surface area contributed by atoms with Gasteiger partial charge in [-0.05, 0) is 31.1 Å². The van der Waals surface area contributed by atoms with Crippen LogP contribution in [0.4, 0.5) is 0 Å². The Balaban J connectivity index is 3.46. The van der Waals surface area contributed by atoms with E-state index in [0.717, 1.165) is 12.8 Å². The second-order valence-electron chi connectivity index (χ2n) is 9.76. The van der Waals surface area contributed by atoms with E-state index in [2.05, 4.69) is 34.6 Å². The summed E-state index contributed by atoms with van der Waals surface area (Å²) in [6.45, 7) is 11.1. The van der Waals surface area contributed by atoms with E-state index in [1.807, 2.05) is 0 Å². The second kappa shape index (κ2) is 20.8. The van der Waals surface area contributed by atoms with Crippen LogP contribution in [0.5, 0.6) is 0 Å². The Kier molecular flexibility index (Phi) is 20.1. The second-order valence-corrected chi connectivity index (χ2v) is 9.76. The number of carbonyl (C=O) groups excluding carboxylic acids is 2. The number of rotatable bonds is 21. The third-order valence-electron chi connectivity index (χ3n) is 5.85. The van der Waals surface area contributed by atoms with Crippen molar-refractivity contribution < 1.29 is 19.1 Å². The lowest BCUT2D eigenvalue weighted by Gasteiger charge is -2.24. The maximum absolute atomic E-state index is 12.0. The lowest BCUT2D eigenvalue weighted by molar-refractivity contribution is -0.154. The molecule has 0 heterocycles. The smallest absolute Gasteiger partial charge is 0.306 e. The van der Waals surface area contributed by atoms with Gasteiger partial charge in [0.15, 0.2) is 0 Å². The zero-order valence-corrected chi connectivity index (χ0v) is 21.4. The van der Waals surface area contributed by atoms with Crippen LogP contribution in [0, 0.1) is 11.8 Å². The van der Waals surface area contributed by atoms with Crippen LogP contribution in [0.2, 0.25) is 0 Å². The van der Waals surface area contributed by atoms with Crippen molar-refractivity contribution in [3.05, 3.63) is 0 Å². The Morgan fingerprint density at radius 1 is 0.581 bits per heavy atom. The number of carbonyl (C=O) groups is 2. The van der Waals surface area contributed by atoms with Crippen molar-refractivity contribution >= 4 is 11.9 Å². The van der Waals surface area contributed by atoms with Crippen molar-refractivity contribution in [2.24, 2.45) is 11.8 Å². The molecule has 0 aromatic rings. The maximum Gasteiger partial charge on any atom is 0.306 e. The molecule has 0 saturated carbocycles. The summed E-state index contributed by atoms with van der Waals surface area (Å²) in [5, 5.41) is 0.